The number of pyridine rings is 1. The van der Waals surface area contributed by atoms with Crippen LogP contribution in [0.4, 0.5) is 22.7 Å². The van der Waals surface area contributed by atoms with Gasteiger partial charge in [0.25, 0.3) is 11.5 Å². The number of carbonyl (C=O) groups excluding carboxylic acids is 1. The molecule has 3 rings (SSSR count). The summed E-state index contributed by atoms with van der Waals surface area (Å²) in [5.41, 5.74) is 9.23. The van der Waals surface area contributed by atoms with E-state index in [0.29, 0.717) is 28.2 Å². The molecule has 1 aromatic heterocycles. The molecule has 0 aliphatic heterocycles. The Hall–Kier alpha value is -4.18. The Labute approximate surface area is 177 Å². The van der Waals surface area contributed by atoms with Gasteiger partial charge in [-0.25, -0.2) is 5.53 Å². The van der Waals surface area contributed by atoms with Crippen molar-refractivity contribution >= 4 is 28.7 Å². The molecular weight excluding hydrogens is 398 g/mol. The number of nitrogens with zero attached hydrogens (tertiary/aromatic N) is 4. The smallest absolute Gasteiger partial charge is 0.255 e. The van der Waals surface area contributed by atoms with Crippen LogP contribution in [-0.2, 0) is 6.67 Å². The van der Waals surface area contributed by atoms with Crippen LogP contribution < -0.4 is 16.2 Å². The van der Waals surface area contributed by atoms with Crippen LogP contribution in [0.15, 0.2) is 74.7 Å². The highest BCUT2D eigenvalue weighted by atomic mass is 16.3. The molecule has 0 saturated heterocycles. The van der Waals surface area contributed by atoms with E-state index >= 15 is 0 Å². The molecule has 3 aromatic rings. The van der Waals surface area contributed by atoms with Crippen molar-refractivity contribution in [1.82, 2.24) is 9.88 Å². The van der Waals surface area contributed by atoms with E-state index in [1.54, 1.807) is 62.5 Å². The second-order valence-electron chi connectivity index (χ2n) is 6.64. The molecule has 158 valence electrons. The van der Waals surface area contributed by atoms with Crippen LogP contribution in [0, 0.1) is 12.5 Å². The lowest BCUT2D eigenvalue weighted by Gasteiger charge is -2.10. The highest BCUT2D eigenvalue weighted by molar-refractivity contribution is 6.04. The first kappa shape index (κ1) is 21.5. The van der Waals surface area contributed by atoms with Gasteiger partial charge in [-0.1, -0.05) is 6.07 Å². The summed E-state index contributed by atoms with van der Waals surface area (Å²) in [6.07, 6.45) is 0. The van der Waals surface area contributed by atoms with Crippen molar-refractivity contribution in [2.75, 3.05) is 12.4 Å². The van der Waals surface area contributed by atoms with Crippen LogP contribution in [0.3, 0.4) is 0 Å². The summed E-state index contributed by atoms with van der Waals surface area (Å²) in [4.78, 5) is 24.4. The van der Waals surface area contributed by atoms with Crippen LogP contribution in [0.2, 0.25) is 0 Å². The third kappa shape index (κ3) is 5.06. The van der Waals surface area contributed by atoms with Crippen molar-refractivity contribution in [1.29, 1.82) is 5.53 Å². The minimum absolute atomic E-state index is 0.135. The fraction of sp³-hybridized carbons (Fsp3) is 0.143. The number of aromatic hydroxyl groups is 1. The lowest BCUT2D eigenvalue weighted by molar-refractivity contribution is 0.102. The molecule has 0 aliphatic carbocycles. The Morgan fingerprint density at radius 2 is 1.84 bits per heavy atom. The molecule has 1 amide bonds. The number of rotatable bonds is 7. The third-order valence-electron chi connectivity index (χ3n) is 4.39. The molecule has 0 atom stereocenters. The summed E-state index contributed by atoms with van der Waals surface area (Å²) in [7, 11) is 1.66. The van der Waals surface area contributed by atoms with Gasteiger partial charge in [0.1, 0.15) is 5.69 Å². The van der Waals surface area contributed by atoms with Crippen molar-refractivity contribution in [3.05, 3.63) is 76.1 Å². The number of hydrogen-bond donors (Lipinski definition) is 4. The monoisotopic (exact) mass is 419 g/mol. The molecular formula is C21H21N7O3. The highest BCUT2D eigenvalue weighted by Crippen LogP contribution is 2.30. The van der Waals surface area contributed by atoms with Crippen molar-refractivity contribution in [3.8, 4) is 5.88 Å². The molecule has 0 unspecified atom stereocenters. The molecule has 0 radical (unpaired) electrons. The lowest BCUT2D eigenvalue weighted by Crippen LogP contribution is -2.25. The standard InChI is InChI=1S/C21H21N7O3/c1-13-10-18(29)28(12-23-2)21(31)19(13)27-26-15-8-6-14(7-9-15)20(30)24-16-4-3-5-17(11-16)25-22/h3-11,22-23,31H,12H2,1-2H3,(H,24,30). The minimum atomic E-state index is -0.347. The Morgan fingerprint density at radius 3 is 2.52 bits per heavy atom. The van der Waals surface area contributed by atoms with E-state index in [4.69, 9.17) is 5.53 Å². The molecule has 10 heteroatoms. The number of anilines is 1. The number of azo groups is 1. The second-order valence-corrected chi connectivity index (χ2v) is 6.64. The summed E-state index contributed by atoms with van der Waals surface area (Å²) in [6, 6.07) is 14.5. The van der Waals surface area contributed by atoms with Gasteiger partial charge in [-0.3, -0.25) is 14.2 Å². The van der Waals surface area contributed by atoms with Gasteiger partial charge in [0, 0.05) is 17.3 Å². The number of nitrogens with one attached hydrogen (secondary N) is 3. The number of hydrogen-bond acceptors (Lipinski definition) is 8. The van der Waals surface area contributed by atoms with Gasteiger partial charge in [-0.15, -0.1) is 5.11 Å². The van der Waals surface area contributed by atoms with Gasteiger partial charge in [0.2, 0.25) is 5.88 Å². The summed E-state index contributed by atoms with van der Waals surface area (Å²) < 4.78 is 1.15. The zero-order valence-electron chi connectivity index (χ0n) is 17.0. The van der Waals surface area contributed by atoms with Gasteiger partial charge < -0.3 is 15.7 Å². The lowest BCUT2D eigenvalue weighted by atomic mass is 10.2. The average molecular weight is 419 g/mol. The van der Waals surface area contributed by atoms with Crippen molar-refractivity contribution < 1.29 is 9.90 Å². The Balaban J connectivity index is 1.77. The molecule has 0 spiro atoms. The third-order valence-corrected chi connectivity index (χ3v) is 4.39. The summed E-state index contributed by atoms with van der Waals surface area (Å²) in [6.45, 7) is 1.80. The predicted octanol–water partition coefficient (Wildman–Crippen LogP) is 4.37. The molecule has 0 fully saturated rings. The number of benzene rings is 2. The van der Waals surface area contributed by atoms with E-state index in [1.165, 1.54) is 6.07 Å². The molecule has 0 saturated carbocycles. The maximum atomic E-state index is 12.4. The van der Waals surface area contributed by atoms with Gasteiger partial charge in [0.15, 0.2) is 0 Å². The molecule has 31 heavy (non-hydrogen) atoms. The van der Waals surface area contributed by atoms with Crippen LogP contribution in [0.5, 0.6) is 5.88 Å². The number of aryl methyl sites for hydroxylation is 1. The Morgan fingerprint density at radius 1 is 1.10 bits per heavy atom. The maximum absolute atomic E-state index is 12.4. The zero-order valence-corrected chi connectivity index (χ0v) is 17.0. The molecule has 4 N–H and O–H groups in total. The van der Waals surface area contributed by atoms with E-state index in [0.717, 1.165) is 4.57 Å². The van der Waals surface area contributed by atoms with Crippen molar-refractivity contribution in [3.63, 3.8) is 0 Å². The first-order valence-corrected chi connectivity index (χ1v) is 9.31. The van der Waals surface area contributed by atoms with Gasteiger partial charge in [0.05, 0.1) is 18.0 Å². The first-order valence-electron chi connectivity index (χ1n) is 9.31. The van der Waals surface area contributed by atoms with Crippen LogP contribution in [0.25, 0.3) is 0 Å². The molecule has 10 nitrogen and oxygen atoms in total. The number of aromatic nitrogens is 1. The minimum Gasteiger partial charge on any atom is -0.493 e. The summed E-state index contributed by atoms with van der Waals surface area (Å²) in [5, 5.41) is 27.4. The topological polar surface area (TPSA) is 144 Å². The van der Waals surface area contributed by atoms with Gasteiger partial charge in [-0.05, 0) is 62.0 Å². The van der Waals surface area contributed by atoms with Gasteiger partial charge in [-0.2, -0.15) is 10.2 Å². The molecule has 1 heterocycles. The highest BCUT2D eigenvalue weighted by Gasteiger charge is 2.12. The maximum Gasteiger partial charge on any atom is 0.255 e. The van der Waals surface area contributed by atoms with E-state index in [-0.39, 0.29) is 29.7 Å². The molecule has 0 aliphatic rings. The predicted molar refractivity (Wildman–Crippen MR) is 116 cm³/mol. The summed E-state index contributed by atoms with van der Waals surface area (Å²) >= 11 is 0. The number of carbonyl (C=O) groups is 1. The first-order chi connectivity index (χ1) is 14.9. The van der Waals surface area contributed by atoms with Crippen molar-refractivity contribution in [2.45, 2.75) is 13.6 Å². The SMILES string of the molecule is CNCn1c(O)c(N=Nc2ccc(C(=O)Nc3cccc(N=N)c3)cc2)c(C)cc1=O. The second kappa shape index (κ2) is 9.55. The largest absolute Gasteiger partial charge is 0.493 e. The van der Waals surface area contributed by atoms with E-state index in [2.05, 4.69) is 26.0 Å². The normalized spacial score (nSPS) is 10.9. The Kier molecular flexibility index (Phi) is 6.63. The van der Waals surface area contributed by atoms with Crippen LogP contribution in [0.1, 0.15) is 15.9 Å². The van der Waals surface area contributed by atoms with Crippen LogP contribution in [-0.4, -0.2) is 22.6 Å². The van der Waals surface area contributed by atoms with Crippen molar-refractivity contribution in [2.24, 2.45) is 15.3 Å². The fourth-order valence-corrected chi connectivity index (χ4v) is 2.82. The summed E-state index contributed by atoms with van der Waals surface area (Å²) in [5.74, 6) is -0.598. The number of amides is 1. The quantitative estimate of drug-likeness (QED) is 0.421. The fourth-order valence-electron chi connectivity index (χ4n) is 2.82. The van der Waals surface area contributed by atoms with E-state index in [9.17, 15) is 14.7 Å². The Bertz CT molecular complexity index is 1200. The van der Waals surface area contributed by atoms with E-state index < -0.39 is 0 Å². The van der Waals surface area contributed by atoms with E-state index in [1.807, 2.05) is 0 Å². The van der Waals surface area contributed by atoms with Gasteiger partial charge >= 0.3 is 0 Å². The van der Waals surface area contributed by atoms with Crippen LogP contribution >= 0.6 is 0 Å². The molecule has 0 bridgehead atoms. The molecule has 2 aromatic carbocycles. The average Bonchev–Trinajstić information content (AvgIpc) is 2.77. The zero-order chi connectivity index (χ0) is 22.4.